The molecule has 1 atom stereocenters. The molecule has 0 aliphatic carbocycles. The van der Waals surface area contributed by atoms with E-state index in [1.807, 2.05) is 0 Å². The second kappa shape index (κ2) is 3.33. The summed E-state index contributed by atoms with van der Waals surface area (Å²) in [7, 11) is 0. The molecule has 0 aliphatic rings. The lowest BCUT2D eigenvalue weighted by Crippen LogP contribution is -2.52. The summed E-state index contributed by atoms with van der Waals surface area (Å²) in [4.78, 5) is 0. The van der Waals surface area contributed by atoms with Gasteiger partial charge in [0.15, 0.2) is 0 Å². The van der Waals surface area contributed by atoms with Crippen molar-refractivity contribution in [1.82, 2.24) is 0 Å². The number of hydrogen-bond donors (Lipinski definition) is 2. The smallest absolute Gasteiger partial charge is 0.295 e. The van der Waals surface area contributed by atoms with E-state index in [-0.39, 0.29) is 5.76 Å². The molecular formula is C9H13F2NO2. The molecule has 1 rings (SSSR count). The topological polar surface area (TPSA) is 59.4 Å². The van der Waals surface area contributed by atoms with Gasteiger partial charge in [-0.15, -0.1) is 0 Å². The highest BCUT2D eigenvalue weighted by atomic mass is 19.3. The van der Waals surface area contributed by atoms with Crippen LogP contribution in [0.4, 0.5) is 8.78 Å². The molecule has 80 valence electrons. The Hall–Kier alpha value is -0.940. The zero-order valence-corrected chi connectivity index (χ0v) is 8.05. The number of furan rings is 1. The summed E-state index contributed by atoms with van der Waals surface area (Å²) in [5, 5.41) is 8.53. The van der Waals surface area contributed by atoms with Crippen LogP contribution in [-0.2, 0) is 5.54 Å². The molecule has 0 spiro atoms. The number of aryl methyl sites for hydroxylation is 1. The quantitative estimate of drug-likeness (QED) is 0.783. The largest absolute Gasteiger partial charge is 0.464 e. The van der Waals surface area contributed by atoms with Gasteiger partial charge in [0.05, 0.1) is 0 Å². The molecule has 0 aliphatic heterocycles. The van der Waals surface area contributed by atoms with Gasteiger partial charge < -0.3 is 15.3 Å². The molecule has 3 nitrogen and oxygen atoms in total. The molecule has 0 saturated carbocycles. The van der Waals surface area contributed by atoms with Crippen molar-refractivity contribution in [3.8, 4) is 0 Å². The first-order valence-electron chi connectivity index (χ1n) is 4.16. The fourth-order valence-electron chi connectivity index (χ4n) is 1.06. The first-order chi connectivity index (χ1) is 6.31. The summed E-state index contributed by atoms with van der Waals surface area (Å²) >= 11 is 0. The molecule has 1 aromatic heterocycles. The van der Waals surface area contributed by atoms with Crippen LogP contribution in [0.5, 0.6) is 0 Å². The Morgan fingerprint density at radius 1 is 1.50 bits per heavy atom. The Balaban J connectivity index is 3.07. The van der Waals surface area contributed by atoms with E-state index in [2.05, 4.69) is 0 Å². The molecule has 0 radical (unpaired) electrons. The number of nitrogens with two attached hydrogens (primary N) is 1. The van der Waals surface area contributed by atoms with E-state index in [1.54, 1.807) is 13.0 Å². The maximum absolute atomic E-state index is 13.2. The van der Waals surface area contributed by atoms with E-state index in [9.17, 15) is 8.78 Å². The lowest BCUT2D eigenvalue weighted by Gasteiger charge is -2.30. The van der Waals surface area contributed by atoms with Crippen molar-refractivity contribution in [1.29, 1.82) is 0 Å². The van der Waals surface area contributed by atoms with Crippen molar-refractivity contribution < 1.29 is 18.3 Å². The summed E-state index contributed by atoms with van der Waals surface area (Å²) < 4.78 is 31.4. The molecule has 5 heteroatoms. The molecule has 0 saturated heterocycles. The molecule has 0 amide bonds. The molecule has 0 aromatic carbocycles. The van der Waals surface area contributed by atoms with E-state index < -0.39 is 18.1 Å². The number of hydrogen-bond acceptors (Lipinski definition) is 3. The summed E-state index contributed by atoms with van der Waals surface area (Å²) in [5.74, 6) is -2.93. The maximum atomic E-state index is 13.2. The fraction of sp³-hybridized carbons (Fsp3) is 0.556. The highest BCUT2D eigenvalue weighted by Crippen LogP contribution is 2.35. The highest BCUT2D eigenvalue weighted by molar-refractivity contribution is 5.17. The summed E-state index contributed by atoms with van der Waals surface area (Å²) in [6, 6.07) is 2.94. The Morgan fingerprint density at radius 3 is 2.43 bits per heavy atom. The zero-order chi connectivity index (χ0) is 11.0. The third-order valence-corrected chi connectivity index (χ3v) is 2.21. The van der Waals surface area contributed by atoms with Gasteiger partial charge in [0.25, 0.3) is 5.92 Å². The molecular weight excluding hydrogens is 192 g/mol. The van der Waals surface area contributed by atoms with Crippen LogP contribution in [0.3, 0.4) is 0 Å². The van der Waals surface area contributed by atoms with Crippen LogP contribution in [-0.4, -0.2) is 17.6 Å². The van der Waals surface area contributed by atoms with E-state index in [0.717, 1.165) is 6.92 Å². The Bertz CT molecular complexity index is 320. The predicted octanol–water partition coefficient (Wildman–Crippen LogP) is 1.39. The maximum Gasteiger partial charge on any atom is 0.295 e. The van der Waals surface area contributed by atoms with E-state index in [1.165, 1.54) is 6.07 Å². The number of aliphatic hydroxyl groups excluding tert-OH is 1. The van der Waals surface area contributed by atoms with Gasteiger partial charge in [-0.3, -0.25) is 0 Å². The van der Waals surface area contributed by atoms with Crippen LogP contribution in [0.15, 0.2) is 16.5 Å². The Labute approximate surface area is 80.5 Å². The van der Waals surface area contributed by atoms with Gasteiger partial charge in [0.2, 0.25) is 0 Å². The summed E-state index contributed by atoms with van der Waals surface area (Å²) in [6.45, 7) is 1.46. The van der Waals surface area contributed by atoms with Crippen molar-refractivity contribution in [2.75, 3.05) is 6.61 Å². The van der Waals surface area contributed by atoms with Gasteiger partial charge in [0, 0.05) is 0 Å². The van der Waals surface area contributed by atoms with Crippen LogP contribution < -0.4 is 5.73 Å². The third kappa shape index (κ3) is 1.65. The normalized spacial score (nSPS) is 16.7. The van der Waals surface area contributed by atoms with Gasteiger partial charge in [-0.1, -0.05) is 0 Å². The minimum absolute atomic E-state index is 0.0333. The first kappa shape index (κ1) is 11.1. The average molecular weight is 205 g/mol. The predicted molar refractivity (Wildman–Crippen MR) is 47.0 cm³/mol. The van der Waals surface area contributed by atoms with Crippen LogP contribution in [0.2, 0.25) is 0 Å². The average Bonchev–Trinajstić information content (AvgIpc) is 2.52. The fourth-order valence-corrected chi connectivity index (χ4v) is 1.06. The Kier molecular flexibility index (Phi) is 2.65. The standard InChI is InChI=1S/C9H13F2NO2/c1-6-3-4-7(14-6)8(2,12)9(10,11)5-13/h3-4,13H,5,12H2,1-2H3/t8-/m1/s1. The molecule has 14 heavy (non-hydrogen) atoms. The molecule has 3 N–H and O–H groups in total. The minimum Gasteiger partial charge on any atom is -0.464 e. The van der Waals surface area contributed by atoms with Gasteiger partial charge in [-0.05, 0) is 26.0 Å². The van der Waals surface area contributed by atoms with Crippen LogP contribution in [0.1, 0.15) is 18.4 Å². The van der Waals surface area contributed by atoms with Gasteiger partial charge >= 0.3 is 0 Å². The molecule has 1 aromatic rings. The van der Waals surface area contributed by atoms with Crippen molar-refractivity contribution in [3.05, 3.63) is 23.7 Å². The monoisotopic (exact) mass is 205 g/mol. The van der Waals surface area contributed by atoms with Crippen LogP contribution in [0, 0.1) is 6.92 Å². The highest BCUT2D eigenvalue weighted by Gasteiger charge is 2.50. The lowest BCUT2D eigenvalue weighted by molar-refractivity contribution is -0.114. The van der Waals surface area contributed by atoms with Gasteiger partial charge in [0.1, 0.15) is 23.7 Å². The van der Waals surface area contributed by atoms with Crippen LogP contribution >= 0.6 is 0 Å². The first-order valence-corrected chi connectivity index (χ1v) is 4.16. The van der Waals surface area contributed by atoms with Crippen molar-refractivity contribution >= 4 is 0 Å². The minimum atomic E-state index is -3.41. The summed E-state index contributed by atoms with van der Waals surface area (Å²) in [6.07, 6.45) is 0. The van der Waals surface area contributed by atoms with E-state index >= 15 is 0 Å². The second-order valence-electron chi connectivity index (χ2n) is 3.48. The van der Waals surface area contributed by atoms with E-state index in [0.29, 0.717) is 5.76 Å². The second-order valence-corrected chi connectivity index (χ2v) is 3.48. The summed E-state index contributed by atoms with van der Waals surface area (Å²) in [5.41, 5.74) is 3.45. The molecule has 0 fully saturated rings. The van der Waals surface area contributed by atoms with Crippen LogP contribution in [0.25, 0.3) is 0 Å². The van der Waals surface area contributed by atoms with E-state index in [4.69, 9.17) is 15.3 Å². The number of rotatable bonds is 3. The van der Waals surface area contributed by atoms with Crippen molar-refractivity contribution in [3.63, 3.8) is 0 Å². The number of aliphatic hydroxyl groups is 1. The molecule has 1 heterocycles. The molecule has 0 bridgehead atoms. The third-order valence-electron chi connectivity index (χ3n) is 2.21. The SMILES string of the molecule is Cc1ccc([C@@](C)(N)C(F)(F)CO)o1. The number of halogens is 2. The molecule has 0 unspecified atom stereocenters. The van der Waals surface area contributed by atoms with Crippen molar-refractivity contribution in [2.45, 2.75) is 25.3 Å². The van der Waals surface area contributed by atoms with Gasteiger partial charge in [-0.2, -0.15) is 0 Å². The Morgan fingerprint density at radius 2 is 2.07 bits per heavy atom. The van der Waals surface area contributed by atoms with Crippen molar-refractivity contribution in [2.24, 2.45) is 5.73 Å². The zero-order valence-electron chi connectivity index (χ0n) is 8.05. The number of alkyl halides is 2. The van der Waals surface area contributed by atoms with Gasteiger partial charge in [-0.25, -0.2) is 8.78 Å². The lowest BCUT2D eigenvalue weighted by atomic mass is 9.92.